The van der Waals surface area contributed by atoms with Gasteiger partial charge in [0, 0.05) is 11.8 Å². The van der Waals surface area contributed by atoms with Crippen LogP contribution in [0.3, 0.4) is 0 Å². The zero-order valence-electron chi connectivity index (χ0n) is 9.33. The summed E-state index contributed by atoms with van der Waals surface area (Å²) in [4.78, 5) is 19.4. The number of halogens is 1. The highest BCUT2D eigenvalue weighted by atomic mass is 19.1. The monoisotopic (exact) mass is 223 g/mol. The van der Waals surface area contributed by atoms with Crippen LogP contribution in [-0.4, -0.2) is 21.5 Å². The Morgan fingerprint density at radius 1 is 1.50 bits per heavy atom. The van der Waals surface area contributed by atoms with Crippen LogP contribution in [0.5, 0.6) is 0 Å². The highest BCUT2D eigenvalue weighted by Crippen LogP contribution is 2.40. The molecule has 0 aromatic carbocycles. The van der Waals surface area contributed by atoms with Gasteiger partial charge in [0.15, 0.2) is 5.67 Å². The van der Waals surface area contributed by atoms with Crippen molar-refractivity contribution in [3.8, 4) is 0 Å². The summed E-state index contributed by atoms with van der Waals surface area (Å²) in [5.74, 6) is 0.0208. The second-order valence-corrected chi connectivity index (χ2v) is 4.40. The Morgan fingerprint density at radius 3 is 2.75 bits per heavy atom. The van der Waals surface area contributed by atoms with Gasteiger partial charge in [-0.3, -0.25) is 4.79 Å². The van der Waals surface area contributed by atoms with E-state index in [1.54, 1.807) is 6.07 Å². The van der Waals surface area contributed by atoms with Crippen molar-refractivity contribution in [3.63, 3.8) is 0 Å². The third kappa shape index (κ3) is 2.18. The van der Waals surface area contributed by atoms with Gasteiger partial charge in [0.2, 0.25) is 0 Å². The summed E-state index contributed by atoms with van der Waals surface area (Å²) >= 11 is 0. The first-order valence-electron chi connectivity index (χ1n) is 5.33. The molecule has 0 aliphatic heterocycles. The Bertz CT molecular complexity index is 415. The smallest absolute Gasteiger partial charge is 0.263 e. The first-order chi connectivity index (χ1) is 7.51. The van der Waals surface area contributed by atoms with E-state index in [2.05, 4.69) is 15.3 Å². The number of nitrogens with zero attached hydrogens (tertiary/aromatic N) is 2. The highest BCUT2D eigenvalue weighted by molar-refractivity contribution is 5.98. The lowest BCUT2D eigenvalue weighted by atomic mass is 10.1. The molecule has 1 aromatic rings. The maximum atomic E-state index is 13.4. The number of hydrogen-bond donors (Lipinski definition) is 1. The molecule has 0 radical (unpaired) electrons. The summed E-state index contributed by atoms with van der Waals surface area (Å²) in [5.41, 5.74) is -0.836. The van der Waals surface area contributed by atoms with E-state index in [-0.39, 0.29) is 5.92 Å². The average molecular weight is 223 g/mol. The molecule has 86 valence electrons. The third-order valence-electron chi connectivity index (χ3n) is 2.62. The van der Waals surface area contributed by atoms with E-state index in [0.29, 0.717) is 18.7 Å². The molecule has 1 amide bonds. The van der Waals surface area contributed by atoms with Crippen LogP contribution in [0.2, 0.25) is 0 Å². The summed E-state index contributed by atoms with van der Waals surface area (Å²) in [6.07, 6.45) is 1.99. The maximum Gasteiger partial charge on any atom is 0.263 e. The van der Waals surface area contributed by atoms with E-state index in [0.717, 1.165) is 5.69 Å². The van der Waals surface area contributed by atoms with Gasteiger partial charge in [0.1, 0.15) is 12.1 Å². The molecule has 0 saturated heterocycles. The summed E-state index contributed by atoms with van der Waals surface area (Å²) in [6.45, 7) is 3.98. The molecule has 5 heteroatoms. The largest absolute Gasteiger partial charge is 0.308 e. The maximum absolute atomic E-state index is 13.4. The SMILES string of the molecule is CC(C)c1cc(NC(=O)C2(F)CC2)ncn1. The molecule has 1 N–H and O–H groups in total. The summed E-state index contributed by atoms with van der Waals surface area (Å²) in [5, 5.41) is 2.47. The van der Waals surface area contributed by atoms with Crippen molar-refractivity contribution in [2.75, 3.05) is 5.32 Å². The predicted molar refractivity (Wildman–Crippen MR) is 57.8 cm³/mol. The molecule has 2 rings (SSSR count). The molecule has 1 aliphatic rings. The van der Waals surface area contributed by atoms with Gasteiger partial charge in [0.05, 0.1) is 0 Å². The van der Waals surface area contributed by atoms with Crippen LogP contribution in [0.15, 0.2) is 12.4 Å². The zero-order chi connectivity index (χ0) is 11.8. The van der Waals surface area contributed by atoms with Gasteiger partial charge < -0.3 is 5.32 Å². The van der Waals surface area contributed by atoms with Gasteiger partial charge in [-0.15, -0.1) is 0 Å². The lowest BCUT2D eigenvalue weighted by molar-refractivity contribution is -0.122. The van der Waals surface area contributed by atoms with Crippen LogP contribution in [0.1, 0.15) is 38.3 Å². The lowest BCUT2D eigenvalue weighted by Gasteiger charge is -2.09. The first kappa shape index (κ1) is 11.0. The normalized spacial score (nSPS) is 17.2. The number of rotatable bonds is 3. The molecule has 0 unspecified atom stereocenters. The molecule has 1 heterocycles. The number of anilines is 1. The second kappa shape index (κ2) is 3.81. The number of nitrogens with one attached hydrogen (secondary N) is 1. The first-order valence-corrected chi connectivity index (χ1v) is 5.33. The van der Waals surface area contributed by atoms with Gasteiger partial charge in [-0.05, 0) is 18.8 Å². The molecule has 1 aromatic heterocycles. The topological polar surface area (TPSA) is 54.9 Å². The van der Waals surface area contributed by atoms with E-state index in [4.69, 9.17) is 0 Å². The minimum atomic E-state index is -1.66. The van der Waals surface area contributed by atoms with Crippen LogP contribution < -0.4 is 5.32 Å². The number of carbonyl (C=O) groups is 1. The van der Waals surface area contributed by atoms with Crippen LogP contribution >= 0.6 is 0 Å². The Kier molecular flexibility index (Phi) is 2.61. The lowest BCUT2D eigenvalue weighted by Crippen LogP contribution is -2.26. The van der Waals surface area contributed by atoms with Gasteiger partial charge in [-0.2, -0.15) is 0 Å². The number of aromatic nitrogens is 2. The van der Waals surface area contributed by atoms with E-state index in [1.165, 1.54) is 6.33 Å². The molecule has 0 atom stereocenters. The van der Waals surface area contributed by atoms with Gasteiger partial charge in [0.25, 0.3) is 5.91 Å². The van der Waals surface area contributed by atoms with Crippen molar-refractivity contribution in [2.45, 2.75) is 38.3 Å². The fraction of sp³-hybridized carbons (Fsp3) is 0.545. The van der Waals surface area contributed by atoms with E-state index in [1.807, 2.05) is 13.8 Å². The Morgan fingerprint density at radius 2 is 2.19 bits per heavy atom. The molecule has 16 heavy (non-hydrogen) atoms. The van der Waals surface area contributed by atoms with Crippen LogP contribution in [0, 0.1) is 0 Å². The highest BCUT2D eigenvalue weighted by Gasteiger charge is 2.50. The van der Waals surface area contributed by atoms with Gasteiger partial charge in [-0.1, -0.05) is 13.8 Å². The van der Waals surface area contributed by atoms with Crippen molar-refractivity contribution >= 4 is 11.7 Å². The fourth-order valence-electron chi connectivity index (χ4n) is 1.32. The minimum Gasteiger partial charge on any atom is -0.308 e. The summed E-state index contributed by atoms with van der Waals surface area (Å²) in [7, 11) is 0. The molecule has 0 bridgehead atoms. The van der Waals surface area contributed by atoms with Crippen LogP contribution in [-0.2, 0) is 4.79 Å². The second-order valence-electron chi connectivity index (χ2n) is 4.40. The zero-order valence-corrected chi connectivity index (χ0v) is 9.33. The summed E-state index contributed by atoms with van der Waals surface area (Å²) < 4.78 is 13.4. The Labute approximate surface area is 93.3 Å². The predicted octanol–water partition coefficient (Wildman–Crippen LogP) is 2.04. The molecule has 1 saturated carbocycles. The molecule has 4 nitrogen and oxygen atoms in total. The molecule has 1 aliphatic carbocycles. The third-order valence-corrected chi connectivity index (χ3v) is 2.62. The van der Waals surface area contributed by atoms with Gasteiger partial charge >= 0.3 is 0 Å². The molecular formula is C11H14FN3O. The Balaban J connectivity index is 2.09. The molecular weight excluding hydrogens is 209 g/mol. The van der Waals surface area contributed by atoms with Crippen LogP contribution in [0.4, 0.5) is 10.2 Å². The summed E-state index contributed by atoms with van der Waals surface area (Å²) in [6, 6.07) is 1.67. The van der Waals surface area contributed by atoms with Crippen molar-refractivity contribution in [2.24, 2.45) is 0 Å². The van der Waals surface area contributed by atoms with Gasteiger partial charge in [-0.25, -0.2) is 14.4 Å². The average Bonchev–Trinajstić information content (AvgIpc) is 2.98. The standard InChI is InChI=1S/C11H14FN3O/c1-7(2)8-5-9(14-6-13-8)15-10(16)11(12)3-4-11/h5-7H,3-4H2,1-2H3,(H,13,14,15,16). The van der Waals surface area contributed by atoms with Crippen molar-refractivity contribution in [1.82, 2.24) is 9.97 Å². The quantitative estimate of drug-likeness (QED) is 0.853. The fourth-order valence-corrected chi connectivity index (χ4v) is 1.32. The molecule has 0 spiro atoms. The van der Waals surface area contributed by atoms with Crippen molar-refractivity contribution < 1.29 is 9.18 Å². The number of alkyl halides is 1. The van der Waals surface area contributed by atoms with Crippen molar-refractivity contribution in [3.05, 3.63) is 18.1 Å². The molecule has 1 fully saturated rings. The van der Waals surface area contributed by atoms with Crippen LogP contribution in [0.25, 0.3) is 0 Å². The minimum absolute atomic E-state index is 0.249. The number of hydrogen-bond acceptors (Lipinski definition) is 3. The number of amides is 1. The van der Waals surface area contributed by atoms with E-state index < -0.39 is 11.6 Å². The van der Waals surface area contributed by atoms with E-state index in [9.17, 15) is 9.18 Å². The van der Waals surface area contributed by atoms with E-state index >= 15 is 0 Å². The number of carbonyl (C=O) groups excluding carboxylic acids is 1. The van der Waals surface area contributed by atoms with Crippen molar-refractivity contribution in [1.29, 1.82) is 0 Å². The Hall–Kier alpha value is -1.52.